The SMILES string of the molecule is CN1COc2c(N3CCN(CCF)CC3)c(F)cc3c(=O)c(C(=O)O)cn1c23. The third-order valence-corrected chi connectivity index (χ3v) is 5.24. The summed E-state index contributed by atoms with van der Waals surface area (Å²) in [5.74, 6) is -1.79. The van der Waals surface area contributed by atoms with Crippen molar-refractivity contribution in [2.75, 3.05) is 63.1 Å². The number of hydrogen-bond donors (Lipinski definition) is 1. The molecular weight excluding hydrogens is 374 g/mol. The molecule has 1 aromatic heterocycles. The minimum Gasteiger partial charge on any atom is -0.477 e. The molecule has 0 unspecified atom stereocenters. The first kappa shape index (κ1) is 18.5. The Hall–Kier alpha value is -2.88. The highest BCUT2D eigenvalue weighted by molar-refractivity contribution is 5.97. The van der Waals surface area contributed by atoms with Crippen LogP contribution in [-0.2, 0) is 0 Å². The molecule has 150 valence electrons. The van der Waals surface area contributed by atoms with Crippen molar-refractivity contribution in [3.05, 3.63) is 33.9 Å². The van der Waals surface area contributed by atoms with E-state index in [1.165, 1.54) is 10.9 Å². The maximum absolute atomic E-state index is 15.1. The van der Waals surface area contributed by atoms with Crippen LogP contribution in [0, 0.1) is 5.82 Å². The molecule has 0 aliphatic carbocycles. The molecule has 1 N–H and O–H groups in total. The zero-order valence-electron chi connectivity index (χ0n) is 15.3. The summed E-state index contributed by atoms with van der Waals surface area (Å²) in [7, 11) is 1.68. The van der Waals surface area contributed by atoms with Crippen molar-refractivity contribution in [1.29, 1.82) is 0 Å². The average Bonchev–Trinajstić information content (AvgIpc) is 2.67. The van der Waals surface area contributed by atoms with E-state index in [0.717, 1.165) is 6.07 Å². The number of nitrogens with zero attached hydrogens (tertiary/aromatic N) is 4. The Kier molecular flexibility index (Phi) is 4.58. The van der Waals surface area contributed by atoms with Gasteiger partial charge in [0.05, 0.1) is 5.39 Å². The number of hydrogen-bond acceptors (Lipinski definition) is 6. The van der Waals surface area contributed by atoms with E-state index in [4.69, 9.17) is 4.74 Å². The van der Waals surface area contributed by atoms with E-state index in [1.54, 1.807) is 12.1 Å². The van der Waals surface area contributed by atoms with Crippen LogP contribution in [0.3, 0.4) is 0 Å². The van der Waals surface area contributed by atoms with Gasteiger partial charge >= 0.3 is 5.97 Å². The van der Waals surface area contributed by atoms with Crippen LogP contribution in [0.25, 0.3) is 10.9 Å². The second-order valence-electron chi connectivity index (χ2n) is 6.90. The summed E-state index contributed by atoms with van der Waals surface area (Å²) in [6, 6.07) is 1.08. The molecule has 0 saturated carbocycles. The lowest BCUT2D eigenvalue weighted by molar-refractivity contribution is 0.0694. The zero-order chi connectivity index (χ0) is 20.0. The predicted octanol–water partition coefficient (Wildman–Crippen LogP) is 0.848. The van der Waals surface area contributed by atoms with Crippen LogP contribution in [0.1, 0.15) is 10.4 Å². The Morgan fingerprint density at radius 3 is 2.64 bits per heavy atom. The smallest absolute Gasteiger partial charge is 0.341 e. The van der Waals surface area contributed by atoms with Crippen molar-refractivity contribution < 1.29 is 23.4 Å². The number of aromatic nitrogens is 1. The van der Waals surface area contributed by atoms with Gasteiger partial charge in [-0.1, -0.05) is 0 Å². The van der Waals surface area contributed by atoms with Crippen LogP contribution in [0.15, 0.2) is 17.1 Å². The maximum Gasteiger partial charge on any atom is 0.341 e. The lowest BCUT2D eigenvalue weighted by Crippen LogP contribution is -2.48. The lowest BCUT2D eigenvalue weighted by Gasteiger charge is -2.38. The monoisotopic (exact) mass is 394 g/mol. The molecule has 2 aromatic rings. The van der Waals surface area contributed by atoms with Gasteiger partial charge < -0.3 is 14.7 Å². The number of benzene rings is 1. The highest BCUT2D eigenvalue weighted by Crippen LogP contribution is 2.40. The summed E-state index contributed by atoms with van der Waals surface area (Å²) >= 11 is 0. The van der Waals surface area contributed by atoms with Crippen molar-refractivity contribution in [3.63, 3.8) is 0 Å². The second kappa shape index (κ2) is 6.93. The fourth-order valence-electron chi connectivity index (χ4n) is 3.79. The van der Waals surface area contributed by atoms with Crippen LogP contribution in [0.2, 0.25) is 0 Å². The van der Waals surface area contributed by atoms with Crippen LogP contribution in [-0.4, -0.2) is 73.8 Å². The van der Waals surface area contributed by atoms with Crippen molar-refractivity contribution >= 4 is 22.6 Å². The van der Waals surface area contributed by atoms with E-state index in [2.05, 4.69) is 0 Å². The molecule has 2 aliphatic heterocycles. The molecule has 1 aromatic carbocycles. The molecule has 4 rings (SSSR count). The van der Waals surface area contributed by atoms with Crippen molar-refractivity contribution in [3.8, 4) is 5.75 Å². The van der Waals surface area contributed by atoms with E-state index in [0.29, 0.717) is 38.2 Å². The van der Waals surface area contributed by atoms with Crippen LogP contribution in [0.5, 0.6) is 5.75 Å². The van der Waals surface area contributed by atoms with Crippen LogP contribution < -0.4 is 20.1 Å². The number of alkyl halides is 1. The Bertz CT molecular complexity index is 1000. The molecule has 0 amide bonds. The van der Waals surface area contributed by atoms with E-state index in [9.17, 15) is 19.1 Å². The summed E-state index contributed by atoms with van der Waals surface area (Å²) in [6.45, 7) is 2.15. The molecule has 0 spiro atoms. The molecule has 1 fully saturated rings. The quantitative estimate of drug-likeness (QED) is 0.824. The van der Waals surface area contributed by atoms with E-state index in [-0.39, 0.29) is 23.6 Å². The highest BCUT2D eigenvalue weighted by atomic mass is 19.1. The number of carbonyl (C=O) groups is 1. The number of ether oxygens (including phenoxy) is 1. The summed E-state index contributed by atoms with van der Waals surface area (Å²) in [4.78, 5) is 27.8. The fourth-order valence-corrected chi connectivity index (χ4v) is 3.79. The third-order valence-electron chi connectivity index (χ3n) is 5.24. The molecule has 0 radical (unpaired) electrons. The molecule has 2 aliphatic rings. The number of aromatic carboxylic acids is 1. The van der Waals surface area contributed by atoms with Crippen molar-refractivity contribution in [2.45, 2.75) is 0 Å². The van der Waals surface area contributed by atoms with Gasteiger partial charge in [0.1, 0.15) is 23.4 Å². The number of carboxylic acid groups (broad SMARTS) is 1. The fraction of sp³-hybridized carbons (Fsp3) is 0.444. The molecule has 1 saturated heterocycles. The number of carboxylic acids is 1. The molecule has 8 nitrogen and oxygen atoms in total. The molecule has 3 heterocycles. The number of halogens is 2. The normalized spacial score (nSPS) is 17.1. The minimum atomic E-state index is -1.37. The van der Waals surface area contributed by atoms with Gasteiger partial charge in [-0.2, -0.15) is 0 Å². The molecule has 0 atom stereocenters. The largest absolute Gasteiger partial charge is 0.477 e. The van der Waals surface area contributed by atoms with Crippen LogP contribution >= 0.6 is 0 Å². The number of piperazine rings is 1. The summed E-state index contributed by atoms with van der Waals surface area (Å²) in [5.41, 5.74) is -0.598. The van der Waals surface area contributed by atoms with Crippen molar-refractivity contribution in [1.82, 2.24) is 9.58 Å². The van der Waals surface area contributed by atoms with Gasteiger partial charge in [-0.3, -0.25) is 19.4 Å². The van der Waals surface area contributed by atoms with E-state index in [1.807, 2.05) is 9.80 Å². The van der Waals surface area contributed by atoms with Crippen molar-refractivity contribution in [2.24, 2.45) is 0 Å². The first-order valence-corrected chi connectivity index (χ1v) is 8.95. The Balaban J connectivity index is 1.87. The van der Waals surface area contributed by atoms with Gasteiger partial charge in [0.2, 0.25) is 5.43 Å². The average molecular weight is 394 g/mol. The summed E-state index contributed by atoms with van der Waals surface area (Å²) < 4.78 is 34.9. The first-order valence-electron chi connectivity index (χ1n) is 8.95. The topological polar surface area (TPSA) is 78.2 Å². The van der Waals surface area contributed by atoms with Gasteiger partial charge in [-0.25, -0.2) is 13.6 Å². The Morgan fingerprint density at radius 2 is 2.00 bits per heavy atom. The number of pyridine rings is 1. The van der Waals surface area contributed by atoms with Gasteiger partial charge in [0.15, 0.2) is 18.3 Å². The third kappa shape index (κ3) is 2.84. The molecular formula is C18H20F2N4O4. The highest BCUT2D eigenvalue weighted by Gasteiger charge is 2.30. The van der Waals surface area contributed by atoms with Gasteiger partial charge in [0.25, 0.3) is 0 Å². The molecule has 10 heteroatoms. The first-order chi connectivity index (χ1) is 13.4. The summed E-state index contributed by atoms with van der Waals surface area (Å²) in [6.07, 6.45) is 1.24. The molecule has 28 heavy (non-hydrogen) atoms. The summed E-state index contributed by atoms with van der Waals surface area (Å²) in [5, 5.41) is 10.9. The Labute approximate surface area is 159 Å². The number of anilines is 1. The molecule has 0 bridgehead atoms. The van der Waals surface area contributed by atoms with Crippen LogP contribution in [0.4, 0.5) is 14.5 Å². The lowest BCUT2D eigenvalue weighted by atomic mass is 10.1. The van der Waals surface area contributed by atoms with E-state index < -0.39 is 29.5 Å². The predicted molar refractivity (Wildman–Crippen MR) is 99.4 cm³/mol. The number of rotatable bonds is 4. The second-order valence-corrected chi connectivity index (χ2v) is 6.90. The van der Waals surface area contributed by atoms with Gasteiger partial charge in [-0.05, 0) is 6.07 Å². The maximum atomic E-state index is 15.1. The van der Waals surface area contributed by atoms with Gasteiger partial charge in [-0.15, -0.1) is 0 Å². The van der Waals surface area contributed by atoms with Gasteiger partial charge in [0, 0.05) is 46.0 Å². The Morgan fingerprint density at radius 1 is 1.29 bits per heavy atom. The zero-order valence-corrected chi connectivity index (χ0v) is 15.3. The standard InChI is InChI=1S/C18H20F2N4O4/c1-21-10-28-17-14-11(16(25)12(18(26)27)9-24(14)21)8-13(20)15(17)23-6-4-22(3-2-19)5-7-23/h8-9H,2-7,10H2,1H3,(H,26,27). The van der Waals surface area contributed by atoms with E-state index >= 15 is 4.39 Å². The minimum absolute atomic E-state index is 0.0428.